The van der Waals surface area contributed by atoms with Gasteiger partial charge in [-0.25, -0.2) is 0 Å². The van der Waals surface area contributed by atoms with Gasteiger partial charge in [0.15, 0.2) is 5.11 Å². The van der Waals surface area contributed by atoms with Gasteiger partial charge in [0.1, 0.15) is 12.4 Å². The summed E-state index contributed by atoms with van der Waals surface area (Å²) in [7, 11) is 1.63. The van der Waals surface area contributed by atoms with Crippen molar-refractivity contribution in [3.63, 3.8) is 0 Å². The molecule has 5 nitrogen and oxygen atoms in total. The van der Waals surface area contributed by atoms with Crippen molar-refractivity contribution >= 4 is 28.9 Å². The van der Waals surface area contributed by atoms with Gasteiger partial charge in [-0.3, -0.25) is 4.79 Å². The Labute approximate surface area is 153 Å². The molecule has 0 aliphatic heterocycles. The molecule has 0 heterocycles. The van der Waals surface area contributed by atoms with E-state index in [2.05, 4.69) is 10.6 Å². The van der Waals surface area contributed by atoms with E-state index in [9.17, 15) is 4.79 Å². The summed E-state index contributed by atoms with van der Waals surface area (Å²) in [4.78, 5) is 12.1. The van der Waals surface area contributed by atoms with Crippen LogP contribution in [-0.4, -0.2) is 31.3 Å². The highest BCUT2D eigenvalue weighted by atomic mass is 32.1. The zero-order valence-electron chi connectivity index (χ0n) is 14.4. The number of benzene rings is 2. The molecule has 0 saturated heterocycles. The maximum absolute atomic E-state index is 12.1. The van der Waals surface area contributed by atoms with Crippen molar-refractivity contribution < 1.29 is 14.3 Å². The van der Waals surface area contributed by atoms with E-state index in [0.717, 1.165) is 22.6 Å². The number of hydrogen-bond donors (Lipinski definition) is 2. The summed E-state index contributed by atoms with van der Waals surface area (Å²) in [6.07, 6.45) is 0.292. The van der Waals surface area contributed by atoms with Gasteiger partial charge in [-0.2, -0.15) is 0 Å². The number of anilines is 1. The summed E-state index contributed by atoms with van der Waals surface area (Å²) < 4.78 is 10.4. The first-order valence-electron chi connectivity index (χ1n) is 7.95. The van der Waals surface area contributed by atoms with Crippen LogP contribution in [0.25, 0.3) is 0 Å². The second-order valence-corrected chi connectivity index (χ2v) is 5.88. The quantitative estimate of drug-likeness (QED) is 0.588. The summed E-state index contributed by atoms with van der Waals surface area (Å²) in [6.45, 7) is 3.02. The number of ether oxygens (including phenoxy) is 2. The number of rotatable bonds is 7. The summed E-state index contributed by atoms with van der Waals surface area (Å²) in [5, 5.41) is 5.95. The van der Waals surface area contributed by atoms with Gasteiger partial charge in [0, 0.05) is 12.8 Å². The normalized spacial score (nSPS) is 10.2. The Bertz CT molecular complexity index is 717. The van der Waals surface area contributed by atoms with Crippen LogP contribution < -0.4 is 15.4 Å². The Kier molecular flexibility index (Phi) is 7.37. The van der Waals surface area contributed by atoms with Crippen molar-refractivity contribution in [1.82, 2.24) is 5.32 Å². The molecule has 2 N–H and O–H groups in total. The Morgan fingerprint density at radius 3 is 2.48 bits per heavy atom. The first-order valence-corrected chi connectivity index (χ1v) is 8.36. The fourth-order valence-electron chi connectivity index (χ4n) is 2.19. The minimum absolute atomic E-state index is 0.147. The average Bonchev–Trinajstić information content (AvgIpc) is 2.58. The minimum Gasteiger partial charge on any atom is -0.491 e. The van der Waals surface area contributed by atoms with Crippen LogP contribution in [-0.2, 0) is 16.0 Å². The summed E-state index contributed by atoms with van der Waals surface area (Å²) in [5.41, 5.74) is 2.85. The lowest BCUT2D eigenvalue weighted by Crippen LogP contribution is -2.35. The highest BCUT2D eigenvalue weighted by molar-refractivity contribution is 7.80. The third-order valence-corrected chi connectivity index (χ3v) is 3.74. The van der Waals surface area contributed by atoms with Crippen LogP contribution in [0.4, 0.5) is 5.69 Å². The third-order valence-electron chi connectivity index (χ3n) is 3.53. The standard InChI is InChI=1S/C19H22N2O3S/c1-14-5-3-4-6-15(14)13-18(22)21-19(25)20-16-7-9-17(10-8-16)24-12-11-23-2/h3-10H,11-13H2,1-2H3,(H2,20,21,22,25). The zero-order chi connectivity index (χ0) is 18.1. The molecule has 0 aromatic heterocycles. The first-order chi connectivity index (χ1) is 12.1. The fourth-order valence-corrected chi connectivity index (χ4v) is 2.42. The molecule has 0 fully saturated rings. The van der Waals surface area contributed by atoms with Gasteiger partial charge in [0.05, 0.1) is 13.0 Å². The summed E-state index contributed by atoms with van der Waals surface area (Å²) in [6, 6.07) is 15.1. The van der Waals surface area contributed by atoms with E-state index in [1.165, 1.54) is 0 Å². The Morgan fingerprint density at radius 1 is 1.08 bits per heavy atom. The lowest BCUT2D eigenvalue weighted by molar-refractivity contribution is -0.119. The Balaban J connectivity index is 1.81. The molecule has 0 bridgehead atoms. The van der Waals surface area contributed by atoms with Gasteiger partial charge in [-0.1, -0.05) is 24.3 Å². The topological polar surface area (TPSA) is 59.6 Å². The number of carbonyl (C=O) groups is 1. The second kappa shape index (κ2) is 9.76. The molecule has 0 unspecified atom stereocenters. The number of carbonyl (C=O) groups excluding carboxylic acids is 1. The van der Waals surface area contributed by atoms with E-state index in [1.807, 2.05) is 55.5 Å². The number of hydrogen-bond acceptors (Lipinski definition) is 4. The molecular weight excluding hydrogens is 336 g/mol. The van der Waals surface area contributed by atoms with Gasteiger partial charge in [-0.05, 0) is 54.5 Å². The number of nitrogens with one attached hydrogen (secondary N) is 2. The Hall–Kier alpha value is -2.44. The molecule has 2 rings (SSSR count). The Morgan fingerprint density at radius 2 is 1.80 bits per heavy atom. The highest BCUT2D eigenvalue weighted by Crippen LogP contribution is 2.15. The maximum atomic E-state index is 12.1. The molecule has 0 saturated carbocycles. The van der Waals surface area contributed by atoms with E-state index in [1.54, 1.807) is 7.11 Å². The van der Waals surface area contributed by atoms with Crippen molar-refractivity contribution in [2.75, 3.05) is 25.6 Å². The average molecular weight is 358 g/mol. The van der Waals surface area contributed by atoms with E-state index in [0.29, 0.717) is 19.6 Å². The van der Waals surface area contributed by atoms with Gasteiger partial charge in [0.25, 0.3) is 0 Å². The van der Waals surface area contributed by atoms with Gasteiger partial charge >= 0.3 is 0 Å². The van der Waals surface area contributed by atoms with Gasteiger partial charge in [0.2, 0.25) is 5.91 Å². The van der Waals surface area contributed by atoms with Crippen LogP contribution in [0.15, 0.2) is 48.5 Å². The van der Waals surface area contributed by atoms with Crippen LogP contribution in [0.1, 0.15) is 11.1 Å². The molecular formula is C19H22N2O3S. The smallest absolute Gasteiger partial charge is 0.230 e. The van der Waals surface area contributed by atoms with Crippen molar-refractivity contribution in [2.45, 2.75) is 13.3 Å². The monoisotopic (exact) mass is 358 g/mol. The number of aryl methyl sites for hydroxylation is 1. The SMILES string of the molecule is COCCOc1ccc(NC(=S)NC(=O)Cc2ccccc2C)cc1. The van der Waals surface area contributed by atoms with Crippen molar-refractivity contribution in [2.24, 2.45) is 0 Å². The number of amides is 1. The van der Waals surface area contributed by atoms with Crippen molar-refractivity contribution in [1.29, 1.82) is 0 Å². The molecule has 0 radical (unpaired) electrons. The molecule has 25 heavy (non-hydrogen) atoms. The number of methoxy groups -OCH3 is 1. The van der Waals surface area contributed by atoms with Crippen LogP contribution in [0.2, 0.25) is 0 Å². The molecule has 132 valence electrons. The van der Waals surface area contributed by atoms with E-state index in [4.69, 9.17) is 21.7 Å². The molecule has 0 aliphatic rings. The van der Waals surface area contributed by atoms with Gasteiger partial charge < -0.3 is 20.1 Å². The molecule has 1 amide bonds. The lowest BCUT2D eigenvalue weighted by atomic mass is 10.1. The zero-order valence-corrected chi connectivity index (χ0v) is 15.2. The van der Waals surface area contributed by atoms with Crippen LogP contribution >= 0.6 is 12.2 Å². The molecule has 0 spiro atoms. The minimum atomic E-state index is -0.147. The van der Waals surface area contributed by atoms with E-state index in [-0.39, 0.29) is 11.0 Å². The van der Waals surface area contributed by atoms with Crippen molar-refractivity contribution in [3.05, 3.63) is 59.7 Å². The summed E-state index contributed by atoms with van der Waals surface area (Å²) >= 11 is 5.19. The lowest BCUT2D eigenvalue weighted by Gasteiger charge is -2.11. The third kappa shape index (κ3) is 6.52. The van der Waals surface area contributed by atoms with Crippen LogP contribution in [0.3, 0.4) is 0 Å². The first kappa shape index (κ1) is 18.9. The van der Waals surface area contributed by atoms with E-state index >= 15 is 0 Å². The fraction of sp³-hybridized carbons (Fsp3) is 0.263. The molecule has 0 atom stereocenters. The van der Waals surface area contributed by atoms with Crippen LogP contribution in [0.5, 0.6) is 5.75 Å². The molecule has 0 aliphatic carbocycles. The number of thiocarbonyl (C=S) groups is 1. The predicted octanol–water partition coefficient (Wildman–Crippen LogP) is 3.08. The maximum Gasteiger partial charge on any atom is 0.230 e. The van der Waals surface area contributed by atoms with Crippen molar-refractivity contribution in [3.8, 4) is 5.75 Å². The molecule has 2 aromatic rings. The molecule has 2 aromatic carbocycles. The van der Waals surface area contributed by atoms with Gasteiger partial charge in [-0.15, -0.1) is 0 Å². The highest BCUT2D eigenvalue weighted by Gasteiger charge is 2.08. The predicted molar refractivity (Wildman–Crippen MR) is 103 cm³/mol. The largest absolute Gasteiger partial charge is 0.491 e. The molecule has 6 heteroatoms. The van der Waals surface area contributed by atoms with E-state index < -0.39 is 0 Å². The summed E-state index contributed by atoms with van der Waals surface area (Å²) in [5.74, 6) is 0.600. The second-order valence-electron chi connectivity index (χ2n) is 5.47. The van der Waals surface area contributed by atoms with Crippen LogP contribution in [0, 0.1) is 6.92 Å².